The van der Waals surface area contributed by atoms with Gasteiger partial charge in [-0.15, -0.1) is 22.7 Å². The van der Waals surface area contributed by atoms with E-state index in [4.69, 9.17) is 0 Å². The van der Waals surface area contributed by atoms with Crippen molar-refractivity contribution >= 4 is 100 Å². The minimum Gasteiger partial charge on any atom is -0.311 e. The minimum atomic E-state index is 0.0263. The van der Waals surface area contributed by atoms with E-state index in [-0.39, 0.29) is 17.5 Å². The molecule has 0 N–H and O–H groups in total. The fourth-order valence-corrected chi connectivity index (χ4v) is 11.9. The van der Waals surface area contributed by atoms with Gasteiger partial charge in [-0.2, -0.15) is 0 Å². The van der Waals surface area contributed by atoms with Gasteiger partial charge >= 0.3 is 0 Å². The number of nitrogens with zero attached hydrogens (tertiary/aromatic N) is 2. The summed E-state index contributed by atoms with van der Waals surface area (Å²) in [5, 5.41) is 7.05. The molecule has 7 aromatic carbocycles. The highest BCUT2D eigenvalue weighted by molar-refractivity contribution is 7.17. The maximum atomic E-state index is 2.63. The maximum Gasteiger partial charge on any atom is 0.252 e. The van der Waals surface area contributed by atoms with E-state index >= 15 is 0 Å². The lowest BCUT2D eigenvalue weighted by Crippen LogP contribution is -2.61. The van der Waals surface area contributed by atoms with E-state index in [0.29, 0.717) is 0 Å². The van der Waals surface area contributed by atoms with Crippen molar-refractivity contribution < 1.29 is 0 Å². The smallest absolute Gasteiger partial charge is 0.252 e. The van der Waals surface area contributed by atoms with Crippen molar-refractivity contribution in [1.82, 2.24) is 0 Å². The Labute approximate surface area is 375 Å². The zero-order valence-corrected chi connectivity index (χ0v) is 38.8. The van der Waals surface area contributed by atoms with E-state index in [0.717, 1.165) is 0 Å². The number of rotatable bonds is 4. The lowest BCUT2D eigenvalue weighted by molar-refractivity contribution is 0.589. The standard InChI is InChI=1S/C57H51BN2S2/c1-34-28-50-54-51(29-34)60(55-35(2)30-40(31-36(55)3)57(7,8)9)49-33-38(43-13-11-15-53-45(43)25-27-62-53)17-23-47(49)58(54)46-22-16-37(42-12-10-14-52-44(42)24-26-61-52)32-48(46)59(50)41-20-18-39(19-21-41)56(4,5)6/h10-33H,1-9H3. The lowest BCUT2D eigenvalue weighted by Gasteiger charge is -2.45. The van der Waals surface area contributed by atoms with Gasteiger partial charge in [-0.05, 0) is 169 Å². The van der Waals surface area contributed by atoms with Gasteiger partial charge < -0.3 is 9.80 Å². The van der Waals surface area contributed by atoms with Crippen molar-refractivity contribution in [3.8, 4) is 22.3 Å². The van der Waals surface area contributed by atoms with E-state index in [1.807, 2.05) is 22.7 Å². The second kappa shape index (κ2) is 14.1. The highest BCUT2D eigenvalue weighted by Crippen LogP contribution is 2.49. The van der Waals surface area contributed by atoms with Gasteiger partial charge in [0, 0.05) is 48.6 Å². The Bertz CT molecular complexity index is 3240. The SMILES string of the molecule is Cc1cc2c3c(c1)N(c1c(C)cc(C(C)(C)C)cc1C)c1cc(-c4cccc5sccc45)ccc1B3c1ccc(-c3cccc4sccc34)cc1N2c1ccc(C(C)(C)C)cc1. The molecule has 62 heavy (non-hydrogen) atoms. The van der Waals surface area contributed by atoms with Gasteiger partial charge in [-0.1, -0.05) is 114 Å². The molecule has 0 unspecified atom stereocenters. The first kappa shape index (κ1) is 39.0. The summed E-state index contributed by atoms with van der Waals surface area (Å²) in [5.74, 6) is 0. The summed E-state index contributed by atoms with van der Waals surface area (Å²) in [7, 11) is 0. The van der Waals surface area contributed by atoms with Gasteiger partial charge in [-0.3, -0.25) is 0 Å². The van der Waals surface area contributed by atoms with Crippen LogP contribution in [0.3, 0.4) is 0 Å². The third-order valence-electron chi connectivity index (χ3n) is 13.4. The summed E-state index contributed by atoms with van der Waals surface area (Å²) in [5.41, 5.74) is 23.1. The van der Waals surface area contributed by atoms with E-state index in [9.17, 15) is 0 Å². The molecular formula is C57H51BN2S2. The van der Waals surface area contributed by atoms with E-state index in [1.165, 1.54) is 121 Å². The van der Waals surface area contributed by atoms with Crippen molar-refractivity contribution in [1.29, 1.82) is 0 Å². The first-order valence-corrected chi connectivity index (χ1v) is 23.7. The molecule has 11 rings (SSSR count). The Morgan fingerprint density at radius 3 is 1.48 bits per heavy atom. The summed E-state index contributed by atoms with van der Waals surface area (Å²) in [6, 6.07) is 51.8. The van der Waals surface area contributed by atoms with Crippen LogP contribution in [0.15, 0.2) is 144 Å². The molecule has 0 bridgehead atoms. The van der Waals surface area contributed by atoms with E-state index in [2.05, 4.69) is 216 Å². The Morgan fingerprint density at radius 1 is 0.468 bits per heavy atom. The number of thiophene rings is 2. The molecule has 5 heteroatoms. The van der Waals surface area contributed by atoms with E-state index < -0.39 is 0 Å². The predicted octanol–water partition coefficient (Wildman–Crippen LogP) is 15.1. The second-order valence-corrected chi connectivity index (χ2v) is 21.5. The van der Waals surface area contributed by atoms with Crippen LogP contribution in [0.1, 0.15) is 69.4 Å². The quantitative estimate of drug-likeness (QED) is 0.163. The first-order valence-electron chi connectivity index (χ1n) is 21.9. The number of benzene rings is 7. The van der Waals surface area contributed by atoms with E-state index in [1.54, 1.807) is 0 Å². The number of hydrogen-bond donors (Lipinski definition) is 0. The molecule has 9 aromatic rings. The number of hydrogen-bond acceptors (Lipinski definition) is 4. The van der Waals surface area contributed by atoms with Crippen molar-refractivity contribution in [3.63, 3.8) is 0 Å². The summed E-state index contributed by atoms with van der Waals surface area (Å²) < 4.78 is 2.63. The first-order chi connectivity index (χ1) is 29.7. The Kier molecular flexibility index (Phi) is 8.85. The van der Waals surface area contributed by atoms with Gasteiger partial charge in [0.15, 0.2) is 0 Å². The number of aryl methyl sites for hydroxylation is 3. The van der Waals surface area contributed by atoms with Crippen molar-refractivity contribution in [3.05, 3.63) is 172 Å². The zero-order chi connectivity index (χ0) is 42.8. The molecule has 304 valence electrons. The molecule has 0 saturated heterocycles. The van der Waals surface area contributed by atoms with Gasteiger partial charge in [0.25, 0.3) is 6.71 Å². The highest BCUT2D eigenvalue weighted by atomic mass is 32.1. The van der Waals surface area contributed by atoms with Crippen LogP contribution in [0, 0.1) is 20.8 Å². The normalized spacial score (nSPS) is 13.5. The van der Waals surface area contributed by atoms with Crippen LogP contribution in [0.25, 0.3) is 42.4 Å². The third-order valence-corrected chi connectivity index (χ3v) is 15.2. The van der Waals surface area contributed by atoms with Crippen LogP contribution >= 0.6 is 22.7 Å². The summed E-state index contributed by atoms with van der Waals surface area (Å²) >= 11 is 3.62. The molecule has 2 nitrogen and oxygen atoms in total. The lowest BCUT2D eigenvalue weighted by atomic mass is 9.33. The summed E-state index contributed by atoms with van der Waals surface area (Å²) in [4.78, 5) is 5.20. The molecule has 0 atom stereocenters. The van der Waals surface area contributed by atoms with Crippen LogP contribution in [-0.4, -0.2) is 6.71 Å². The van der Waals surface area contributed by atoms with Gasteiger partial charge in [-0.25, -0.2) is 0 Å². The van der Waals surface area contributed by atoms with Crippen LogP contribution < -0.4 is 26.2 Å². The Hall–Kier alpha value is -5.88. The third kappa shape index (κ3) is 6.11. The Balaban J connectivity index is 1.22. The molecule has 2 aliphatic rings. The van der Waals surface area contributed by atoms with Crippen LogP contribution in [0.4, 0.5) is 34.1 Å². The molecule has 0 aliphatic carbocycles. The average Bonchev–Trinajstić information content (AvgIpc) is 3.94. The predicted molar refractivity (Wildman–Crippen MR) is 274 cm³/mol. The zero-order valence-electron chi connectivity index (χ0n) is 37.1. The van der Waals surface area contributed by atoms with Crippen LogP contribution in [0.5, 0.6) is 0 Å². The maximum absolute atomic E-state index is 2.63. The molecule has 2 aromatic heterocycles. The highest BCUT2D eigenvalue weighted by Gasteiger charge is 2.44. The minimum absolute atomic E-state index is 0.0263. The molecule has 0 saturated carbocycles. The van der Waals surface area contributed by atoms with Gasteiger partial charge in [0.2, 0.25) is 0 Å². The van der Waals surface area contributed by atoms with Crippen LogP contribution in [-0.2, 0) is 10.8 Å². The number of fused-ring (bicyclic) bond motifs is 6. The largest absolute Gasteiger partial charge is 0.311 e. The molecule has 0 spiro atoms. The Morgan fingerprint density at radius 2 is 0.968 bits per heavy atom. The monoisotopic (exact) mass is 838 g/mol. The summed E-state index contributed by atoms with van der Waals surface area (Å²) in [6.45, 7) is 20.8. The van der Waals surface area contributed by atoms with Crippen molar-refractivity contribution in [2.75, 3.05) is 9.80 Å². The number of anilines is 6. The van der Waals surface area contributed by atoms with Crippen molar-refractivity contribution in [2.45, 2.75) is 73.1 Å². The topological polar surface area (TPSA) is 6.48 Å². The fraction of sp³-hybridized carbons (Fsp3) is 0.193. The second-order valence-electron chi connectivity index (χ2n) is 19.6. The molecule has 2 aliphatic heterocycles. The molecule has 4 heterocycles. The average molecular weight is 839 g/mol. The molecule has 0 radical (unpaired) electrons. The molecule has 0 fully saturated rings. The van der Waals surface area contributed by atoms with Crippen LogP contribution in [0.2, 0.25) is 0 Å². The van der Waals surface area contributed by atoms with Gasteiger partial charge in [0.05, 0.1) is 5.69 Å². The van der Waals surface area contributed by atoms with Gasteiger partial charge in [0.1, 0.15) is 0 Å². The van der Waals surface area contributed by atoms with Crippen molar-refractivity contribution in [2.24, 2.45) is 0 Å². The molecule has 0 amide bonds. The molecular weight excluding hydrogens is 788 g/mol. The summed E-state index contributed by atoms with van der Waals surface area (Å²) in [6.07, 6.45) is 0. The fourth-order valence-electron chi connectivity index (χ4n) is 10.3.